The first kappa shape index (κ1) is 16.8. The van der Waals surface area contributed by atoms with Crippen molar-refractivity contribution in [1.82, 2.24) is 9.78 Å². The van der Waals surface area contributed by atoms with Crippen LogP contribution in [0.2, 0.25) is 0 Å². The van der Waals surface area contributed by atoms with E-state index >= 15 is 0 Å². The molecule has 0 fully saturated rings. The summed E-state index contributed by atoms with van der Waals surface area (Å²) in [4.78, 5) is 14.1. The van der Waals surface area contributed by atoms with Gasteiger partial charge in [0.05, 0.1) is 12.1 Å². The van der Waals surface area contributed by atoms with Crippen LogP contribution in [-0.2, 0) is 7.05 Å². The molecule has 1 heterocycles. The number of anilines is 2. The van der Waals surface area contributed by atoms with Crippen LogP contribution in [0.3, 0.4) is 0 Å². The van der Waals surface area contributed by atoms with Gasteiger partial charge in [0.2, 0.25) is 0 Å². The third-order valence-electron chi connectivity index (χ3n) is 4.20. The summed E-state index contributed by atoms with van der Waals surface area (Å²) in [6.07, 6.45) is 0. The highest BCUT2D eigenvalue weighted by molar-refractivity contribution is 6.02. The van der Waals surface area contributed by atoms with Crippen LogP contribution >= 0.6 is 0 Å². The number of carbonyl (C=O) groups excluding carboxylic acids is 1. The fraction of sp³-hybridized carbons (Fsp3) is 0.263. The zero-order valence-electron chi connectivity index (χ0n) is 14.9. The molecule has 1 aromatic heterocycles. The molecule has 1 N–H and O–H groups in total. The second-order valence-corrected chi connectivity index (χ2v) is 5.86. The molecule has 3 aromatic rings. The molecule has 0 saturated carbocycles. The molecule has 6 nitrogen and oxygen atoms in total. The number of amides is 2. The zero-order chi connectivity index (χ0) is 18.0. The van der Waals surface area contributed by atoms with Crippen LogP contribution in [0, 0.1) is 6.92 Å². The quantitative estimate of drug-likeness (QED) is 0.783. The Morgan fingerprint density at radius 2 is 2.08 bits per heavy atom. The van der Waals surface area contributed by atoms with Gasteiger partial charge in [0, 0.05) is 42.6 Å². The predicted octanol–water partition coefficient (Wildman–Crippen LogP) is 3.95. The lowest BCUT2D eigenvalue weighted by Crippen LogP contribution is -2.31. The fourth-order valence-electron chi connectivity index (χ4n) is 2.68. The number of hydrogen-bond acceptors (Lipinski definition) is 3. The molecule has 3 rings (SSSR count). The molecule has 0 radical (unpaired) electrons. The van der Waals surface area contributed by atoms with E-state index in [0.29, 0.717) is 12.3 Å². The average molecular weight is 338 g/mol. The molecule has 0 atom stereocenters. The fourth-order valence-corrected chi connectivity index (χ4v) is 2.68. The van der Waals surface area contributed by atoms with Crippen molar-refractivity contribution in [2.75, 3.05) is 23.9 Å². The van der Waals surface area contributed by atoms with Gasteiger partial charge in [-0.2, -0.15) is 5.10 Å². The molecule has 0 aliphatic heterocycles. The van der Waals surface area contributed by atoms with E-state index in [9.17, 15) is 4.79 Å². The van der Waals surface area contributed by atoms with Crippen LogP contribution in [0.4, 0.5) is 16.2 Å². The Kier molecular flexibility index (Phi) is 4.61. The van der Waals surface area contributed by atoms with Crippen LogP contribution in [0.25, 0.3) is 10.9 Å². The predicted molar refractivity (Wildman–Crippen MR) is 100 cm³/mol. The van der Waals surface area contributed by atoms with Gasteiger partial charge in [-0.05, 0) is 44.2 Å². The largest absolute Gasteiger partial charge is 0.494 e. The standard InChI is InChI=1S/C19H22N4O2/c1-5-25-16-8-6-7-14(11-16)20-19(24)22(3)15-9-10-17-13(2)23(4)21-18(17)12-15/h6-12H,5H2,1-4H3,(H,20,24). The molecule has 2 aromatic carbocycles. The summed E-state index contributed by atoms with van der Waals surface area (Å²) in [6, 6.07) is 13.0. The Morgan fingerprint density at radius 1 is 1.28 bits per heavy atom. The molecule has 2 amide bonds. The molecule has 0 aliphatic rings. The number of rotatable bonds is 4. The van der Waals surface area contributed by atoms with Crippen molar-refractivity contribution in [2.45, 2.75) is 13.8 Å². The van der Waals surface area contributed by atoms with E-state index < -0.39 is 0 Å². The molecule has 0 unspecified atom stereocenters. The molecule has 0 saturated heterocycles. The smallest absolute Gasteiger partial charge is 0.326 e. The Morgan fingerprint density at radius 3 is 2.84 bits per heavy atom. The minimum absolute atomic E-state index is 0.222. The van der Waals surface area contributed by atoms with Crippen molar-refractivity contribution in [2.24, 2.45) is 7.05 Å². The summed E-state index contributed by atoms with van der Waals surface area (Å²) in [7, 11) is 3.65. The maximum absolute atomic E-state index is 12.5. The normalized spacial score (nSPS) is 10.7. The summed E-state index contributed by atoms with van der Waals surface area (Å²) >= 11 is 0. The minimum Gasteiger partial charge on any atom is -0.494 e. The van der Waals surface area contributed by atoms with Crippen molar-refractivity contribution in [3.8, 4) is 5.75 Å². The van der Waals surface area contributed by atoms with Crippen molar-refractivity contribution >= 4 is 28.3 Å². The number of aryl methyl sites for hydroxylation is 2. The maximum atomic E-state index is 12.5. The van der Waals surface area contributed by atoms with Gasteiger partial charge >= 0.3 is 6.03 Å². The number of benzene rings is 2. The van der Waals surface area contributed by atoms with Gasteiger partial charge in [-0.1, -0.05) is 6.07 Å². The van der Waals surface area contributed by atoms with Crippen molar-refractivity contribution in [3.63, 3.8) is 0 Å². The number of ether oxygens (including phenoxy) is 1. The molecule has 130 valence electrons. The number of nitrogens with zero attached hydrogens (tertiary/aromatic N) is 3. The third kappa shape index (κ3) is 3.42. The molecular formula is C19H22N4O2. The highest BCUT2D eigenvalue weighted by Crippen LogP contribution is 2.24. The number of fused-ring (bicyclic) bond motifs is 1. The maximum Gasteiger partial charge on any atom is 0.326 e. The lowest BCUT2D eigenvalue weighted by atomic mass is 10.2. The highest BCUT2D eigenvalue weighted by Gasteiger charge is 2.13. The summed E-state index contributed by atoms with van der Waals surface area (Å²) in [6.45, 7) is 4.53. The SMILES string of the molecule is CCOc1cccc(NC(=O)N(C)c2ccc3c(C)n(C)nc3c2)c1. The van der Waals surface area contributed by atoms with E-state index in [0.717, 1.165) is 28.0 Å². The van der Waals surface area contributed by atoms with Crippen LogP contribution < -0.4 is 15.0 Å². The summed E-state index contributed by atoms with van der Waals surface area (Å²) in [5.74, 6) is 0.730. The van der Waals surface area contributed by atoms with E-state index in [1.54, 1.807) is 18.0 Å². The number of urea groups is 1. The van der Waals surface area contributed by atoms with Gasteiger partial charge in [-0.15, -0.1) is 0 Å². The number of aromatic nitrogens is 2. The van der Waals surface area contributed by atoms with Gasteiger partial charge in [0.1, 0.15) is 5.75 Å². The van der Waals surface area contributed by atoms with Crippen molar-refractivity contribution in [3.05, 3.63) is 48.2 Å². The van der Waals surface area contributed by atoms with E-state index in [1.807, 2.05) is 62.0 Å². The summed E-state index contributed by atoms with van der Waals surface area (Å²) < 4.78 is 7.30. The molecule has 0 aliphatic carbocycles. The number of hydrogen-bond donors (Lipinski definition) is 1. The molecule has 25 heavy (non-hydrogen) atoms. The van der Waals surface area contributed by atoms with E-state index in [-0.39, 0.29) is 6.03 Å². The van der Waals surface area contributed by atoms with Crippen LogP contribution in [0.1, 0.15) is 12.6 Å². The van der Waals surface area contributed by atoms with Crippen LogP contribution in [0.5, 0.6) is 5.75 Å². The van der Waals surface area contributed by atoms with Gasteiger partial charge in [-0.25, -0.2) is 4.79 Å². The molecule has 0 bridgehead atoms. The van der Waals surface area contributed by atoms with Gasteiger partial charge in [-0.3, -0.25) is 9.58 Å². The molecular weight excluding hydrogens is 316 g/mol. The van der Waals surface area contributed by atoms with Crippen molar-refractivity contribution in [1.29, 1.82) is 0 Å². The first-order chi connectivity index (χ1) is 12.0. The monoisotopic (exact) mass is 338 g/mol. The topological polar surface area (TPSA) is 59.4 Å². The lowest BCUT2D eigenvalue weighted by Gasteiger charge is -2.18. The molecule has 6 heteroatoms. The number of carbonyl (C=O) groups is 1. The second-order valence-electron chi connectivity index (χ2n) is 5.86. The average Bonchev–Trinajstić information content (AvgIpc) is 2.88. The third-order valence-corrected chi connectivity index (χ3v) is 4.20. The Balaban J connectivity index is 1.79. The van der Waals surface area contributed by atoms with E-state index in [4.69, 9.17) is 4.74 Å². The highest BCUT2D eigenvalue weighted by atomic mass is 16.5. The minimum atomic E-state index is -0.222. The second kappa shape index (κ2) is 6.84. The summed E-state index contributed by atoms with van der Waals surface area (Å²) in [5.41, 5.74) is 3.44. The van der Waals surface area contributed by atoms with Crippen LogP contribution in [-0.4, -0.2) is 29.5 Å². The zero-order valence-corrected chi connectivity index (χ0v) is 14.9. The van der Waals surface area contributed by atoms with Crippen molar-refractivity contribution < 1.29 is 9.53 Å². The first-order valence-electron chi connectivity index (χ1n) is 8.20. The van der Waals surface area contributed by atoms with Crippen LogP contribution in [0.15, 0.2) is 42.5 Å². The Bertz CT molecular complexity index is 917. The number of nitrogens with one attached hydrogen (secondary N) is 1. The van der Waals surface area contributed by atoms with E-state index in [1.165, 1.54) is 0 Å². The molecule has 0 spiro atoms. The Labute approximate surface area is 147 Å². The van der Waals surface area contributed by atoms with Gasteiger partial charge < -0.3 is 10.1 Å². The van der Waals surface area contributed by atoms with Gasteiger partial charge in [0.25, 0.3) is 0 Å². The Hall–Kier alpha value is -3.02. The lowest BCUT2D eigenvalue weighted by molar-refractivity contribution is 0.258. The van der Waals surface area contributed by atoms with E-state index in [2.05, 4.69) is 10.4 Å². The summed E-state index contributed by atoms with van der Waals surface area (Å²) in [5, 5.41) is 8.45. The van der Waals surface area contributed by atoms with Gasteiger partial charge in [0.15, 0.2) is 0 Å². The first-order valence-corrected chi connectivity index (χ1v) is 8.20.